The van der Waals surface area contributed by atoms with Gasteiger partial charge in [-0.2, -0.15) is 0 Å². The summed E-state index contributed by atoms with van der Waals surface area (Å²) < 4.78 is 19.1. The summed E-state index contributed by atoms with van der Waals surface area (Å²) in [6, 6.07) is 8.34. The summed E-state index contributed by atoms with van der Waals surface area (Å²) in [6.45, 7) is 0.284. The lowest BCUT2D eigenvalue weighted by molar-refractivity contribution is 0.0691. The second-order valence-electron chi connectivity index (χ2n) is 5.32. The van der Waals surface area contributed by atoms with Crippen molar-refractivity contribution in [3.05, 3.63) is 63.9 Å². The first kappa shape index (κ1) is 16.3. The highest BCUT2D eigenvalue weighted by Gasteiger charge is 2.27. The average molecular weight is 350 g/mol. The van der Waals surface area contributed by atoms with E-state index in [2.05, 4.69) is 5.32 Å². The lowest BCUT2D eigenvalue weighted by atomic mass is 9.97. The van der Waals surface area contributed by atoms with Crippen LogP contribution in [-0.4, -0.2) is 23.6 Å². The Hall–Kier alpha value is -2.60. The molecule has 0 spiro atoms. The monoisotopic (exact) mass is 349 g/mol. The first-order chi connectivity index (χ1) is 11.5. The Morgan fingerprint density at radius 2 is 2.00 bits per heavy atom. The van der Waals surface area contributed by atoms with Crippen LogP contribution >= 0.6 is 11.6 Å². The summed E-state index contributed by atoms with van der Waals surface area (Å²) in [4.78, 5) is 23.5. The maximum atomic E-state index is 13.8. The molecule has 124 valence electrons. The van der Waals surface area contributed by atoms with Crippen molar-refractivity contribution in [3.63, 3.8) is 0 Å². The molecule has 1 aliphatic rings. The molecule has 1 unspecified atom stereocenters. The van der Waals surface area contributed by atoms with Crippen LogP contribution in [0.2, 0.25) is 5.02 Å². The van der Waals surface area contributed by atoms with E-state index < -0.39 is 23.4 Å². The van der Waals surface area contributed by atoms with Crippen LogP contribution in [0.1, 0.15) is 38.7 Å². The van der Waals surface area contributed by atoms with Crippen molar-refractivity contribution in [2.75, 3.05) is 6.61 Å². The van der Waals surface area contributed by atoms with E-state index in [0.29, 0.717) is 22.6 Å². The van der Waals surface area contributed by atoms with Crippen LogP contribution in [0.5, 0.6) is 5.75 Å². The number of amides is 1. The van der Waals surface area contributed by atoms with Crippen LogP contribution < -0.4 is 10.1 Å². The van der Waals surface area contributed by atoms with Gasteiger partial charge >= 0.3 is 5.97 Å². The Labute approximate surface area is 142 Å². The van der Waals surface area contributed by atoms with Crippen molar-refractivity contribution in [2.45, 2.75) is 12.5 Å². The molecule has 0 saturated heterocycles. The average Bonchev–Trinajstić information content (AvgIpc) is 2.54. The van der Waals surface area contributed by atoms with Crippen molar-refractivity contribution < 1.29 is 23.8 Å². The number of fused-ring (bicyclic) bond motifs is 1. The molecule has 5 nitrogen and oxygen atoms in total. The van der Waals surface area contributed by atoms with Crippen LogP contribution in [0.3, 0.4) is 0 Å². The van der Waals surface area contributed by atoms with Gasteiger partial charge in [0.15, 0.2) is 0 Å². The van der Waals surface area contributed by atoms with Crippen LogP contribution in [0.4, 0.5) is 4.39 Å². The van der Waals surface area contributed by atoms with Gasteiger partial charge in [-0.25, -0.2) is 9.18 Å². The van der Waals surface area contributed by atoms with E-state index >= 15 is 0 Å². The molecular formula is C17H13ClFNO4. The van der Waals surface area contributed by atoms with Crippen molar-refractivity contribution >= 4 is 23.5 Å². The fourth-order valence-corrected chi connectivity index (χ4v) is 2.83. The molecule has 0 aromatic heterocycles. The minimum Gasteiger partial charge on any atom is -0.493 e. The summed E-state index contributed by atoms with van der Waals surface area (Å²) >= 11 is 6.01. The number of nitrogens with one attached hydrogen (secondary N) is 1. The zero-order chi connectivity index (χ0) is 17.3. The van der Waals surface area contributed by atoms with Crippen LogP contribution in [0.15, 0.2) is 36.4 Å². The highest BCUT2D eigenvalue weighted by molar-refractivity contribution is 6.33. The van der Waals surface area contributed by atoms with Crippen LogP contribution in [0.25, 0.3) is 0 Å². The summed E-state index contributed by atoms with van der Waals surface area (Å²) in [6.07, 6.45) is 0.438. The molecule has 7 heteroatoms. The number of carboxylic acids is 1. The molecule has 0 fully saturated rings. The standard InChI is InChI=1S/C17H13ClFNO4/c18-12-4-2-1-3-9(12)16(21)20-14-5-6-24-15-8-13(19)10(17(22)23)7-11(14)15/h1-4,7-8,14H,5-6H2,(H,20,21)(H,22,23). The molecule has 3 rings (SSSR count). The van der Waals surface area contributed by atoms with E-state index in [1.54, 1.807) is 24.3 Å². The fourth-order valence-electron chi connectivity index (χ4n) is 2.61. The number of carboxylic acid groups (broad SMARTS) is 1. The fraction of sp³-hybridized carbons (Fsp3) is 0.176. The van der Waals surface area contributed by atoms with E-state index in [1.807, 2.05) is 0 Å². The molecule has 2 aromatic carbocycles. The Bertz CT molecular complexity index is 824. The van der Waals surface area contributed by atoms with Gasteiger partial charge in [0.05, 0.1) is 28.8 Å². The zero-order valence-electron chi connectivity index (χ0n) is 12.4. The molecule has 1 heterocycles. The van der Waals surface area contributed by atoms with Gasteiger partial charge in [-0.15, -0.1) is 0 Å². The summed E-state index contributed by atoms with van der Waals surface area (Å²) in [5, 5.41) is 12.2. The third-order valence-electron chi connectivity index (χ3n) is 3.79. The molecule has 0 aliphatic carbocycles. The summed E-state index contributed by atoms with van der Waals surface area (Å²) in [5.41, 5.74) is 0.282. The molecule has 0 bridgehead atoms. The Morgan fingerprint density at radius 1 is 1.25 bits per heavy atom. The second-order valence-corrected chi connectivity index (χ2v) is 5.73. The van der Waals surface area contributed by atoms with Crippen molar-refractivity contribution in [1.82, 2.24) is 5.32 Å². The molecule has 2 aromatic rings. The van der Waals surface area contributed by atoms with Gasteiger partial charge in [0.25, 0.3) is 5.91 Å². The molecule has 24 heavy (non-hydrogen) atoms. The van der Waals surface area contributed by atoms with Gasteiger partial charge in [0, 0.05) is 18.1 Å². The van der Waals surface area contributed by atoms with Gasteiger partial charge in [-0.3, -0.25) is 4.79 Å². The molecule has 0 saturated carbocycles. The Balaban J connectivity index is 1.92. The minimum atomic E-state index is -1.38. The van der Waals surface area contributed by atoms with E-state index in [1.165, 1.54) is 6.07 Å². The molecule has 2 N–H and O–H groups in total. The van der Waals surface area contributed by atoms with Gasteiger partial charge < -0.3 is 15.2 Å². The van der Waals surface area contributed by atoms with Gasteiger partial charge in [-0.1, -0.05) is 23.7 Å². The summed E-state index contributed by atoms with van der Waals surface area (Å²) in [7, 11) is 0. The number of carbonyl (C=O) groups is 2. The molecule has 1 atom stereocenters. The normalized spacial score (nSPS) is 16.0. The van der Waals surface area contributed by atoms with E-state index in [-0.39, 0.29) is 18.3 Å². The topological polar surface area (TPSA) is 75.6 Å². The van der Waals surface area contributed by atoms with Crippen LogP contribution in [0, 0.1) is 5.82 Å². The number of hydrogen-bond donors (Lipinski definition) is 2. The number of rotatable bonds is 3. The first-order valence-electron chi connectivity index (χ1n) is 7.22. The third-order valence-corrected chi connectivity index (χ3v) is 4.12. The quantitative estimate of drug-likeness (QED) is 0.890. The maximum absolute atomic E-state index is 13.8. The van der Waals surface area contributed by atoms with Gasteiger partial charge in [-0.05, 0) is 18.2 Å². The lowest BCUT2D eigenvalue weighted by Crippen LogP contribution is -2.32. The SMILES string of the molecule is O=C(O)c1cc2c(cc1F)OCCC2NC(=O)c1ccccc1Cl. The van der Waals surface area contributed by atoms with E-state index in [4.69, 9.17) is 21.4 Å². The van der Waals surface area contributed by atoms with Crippen LogP contribution in [-0.2, 0) is 0 Å². The zero-order valence-corrected chi connectivity index (χ0v) is 13.1. The maximum Gasteiger partial charge on any atom is 0.338 e. The van der Waals surface area contributed by atoms with E-state index in [9.17, 15) is 14.0 Å². The lowest BCUT2D eigenvalue weighted by Gasteiger charge is -2.27. The second kappa shape index (κ2) is 6.49. The number of aromatic carboxylic acids is 1. The minimum absolute atomic E-state index is 0.230. The predicted octanol–water partition coefficient (Wildman–Crippen LogP) is 3.43. The van der Waals surface area contributed by atoms with Crippen molar-refractivity contribution in [3.8, 4) is 5.75 Å². The highest BCUT2D eigenvalue weighted by atomic mass is 35.5. The predicted molar refractivity (Wildman–Crippen MR) is 85.1 cm³/mol. The van der Waals surface area contributed by atoms with Crippen molar-refractivity contribution in [2.24, 2.45) is 0 Å². The molecule has 0 radical (unpaired) electrons. The smallest absolute Gasteiger partial charge is 0.338 e. The largest absolute Gasteiger partial charge is 0.493 e. The molecule has 1 amide bonds. The third kappa shape index (κ3) is 3.05. The number of hydrogen-bond acceptors (Lipinski definition) is 3. The number of benzene rings is 2. The van der Waals surface area contributed by atoms with Gasteiger partial charge in [0.2, 0.25) is 0 Å². The highest BCUT2D eigenvalue weighted by Crippen LogP contribution is 2.34. The number of carbonyl (C=O) groups excluding carboxylic acids is 1. The Morgan fingerprint density at radius 3 is 2.71 bits per heavy atom. The number of halogens is 2. The summed E-state index contributed by atoms with van der Waals surface area (Å²) in [5.74, 6) is -2.41. The molecule has 1 aliphatic heterocycles. The van der Waals surface area contributed by atoms with Gasteiger partial charge in [0.1, 0.15) is 11.6 Å². The number of ether oxygens (including phenoxy) is 1. The van der Waals surface area contributed by atoms with Crippen molar-refractivity contribution in [1.29, 1.82) is 0 Å². The molecular weight excluding hydrogens is 337 g/mol. The van der Waals surface area contributed by atoms with E-state index in [0.717, 1.165) is 6.07 Å². The first-order valence-corrected chi connectivity index (χ1v) is 7.60. The Kier molecular flexibility index (Phi) is 4.40.